The van der Waals surface area contributed by atoms with Gasteiger partial charge in [-0.15, -0.1) is 0 Å². The summed E-state index contributed by atoms with van der Waals surface area (Å²) in [6.07, 6.45) is 1.10. The molecule has 0 radical (unpaired) electrons. The Labute approximate surface area is 386 Å². The number of nitrogens with one attached hydrogen (secondary N) is 4. The van der Waals surface area contributed by atoms with Crippen LogP contribution in [0.15, 0.2) is 36.4 Å². The van der Waals surface area contributed by atoms with Crippen molar-refractivity contribution < 1.29 is 83.3 Å². The van der Waals surface area contributed by atoms with Gasteiger partial charge < -0.3 is 61.4 Å². The molecule has 4 amide bonds. The van der Waals surface area contributed by atoms with E-state index in [2.05, 4.69) is 26.0 Å². The number of benzene rings is 2. The first-order chi connectivity index (χ1) is 32.0. The lowest BCUT2D eigenvalue weighted by molar-refractivity contribution is -0.141. The van der Waals surface area contributed by atoms with Gasteiger partial charge in [-0.3, -0.25) is 48.2 Å². The molecule has 0 saturated carbocycles. The number of carboxylic acid groups (broad SMARTS) is 4. The summed E-state index contributed by atoms with van der Waals surface area (Å²) in [5.74, 6) is -5.01. The largest absolute Gasteiger partial charge is 0.508 e. The topological polar surface area (TPSA) is 348 Å². The lowest BCUT2D eigenvalue weighted by Crippen LogP contribution is -2.48. The van der Waals surface area contributed by atoms with Crippen LogP contribution in [-0.4, -0.2) is 147 Å². The van der Waals surface area contributed by atoms with E-state index in [0.717, 1.165) is 5.56 Å². The zero-order chi connectivity index (χ0) is 49.6. The van der Waals surface area contributed by atoms with Crippen LogP contribution in [0.25, 0.3) is 0 Å². The smallest absolute Gasteiger partial charge is 0.320 e. The molecule has 0 aliphatic carbocycles. The van der Waals surface area contributed by atoms with Gasteiger partial charge in [0.2, 0.25) is 11.8 Å². The molecule has 67 heavy (non-hydrogen) atoms. The van der Waals surface area contributed by atoms with Crippen LogP contribution in [0.2, 0.25) is 0 Å². The molecule has 2 rings (SSSR count). The van der Waals surface area contributed by atoms with Crippen molar-refractivity contribution in [2.75, 3.05) is 39.3 Å². The Hall–Kier alpha value is -7.01. The lowest BCUT2D eigenvalue weighted by Gasteiger charge is -2.26. The molecular weight excluding hydrogens is 885 g/mol. The summed E-state index contributed by atoms with van der Waals surface area (Å²) in [5.41, 5.74) is 2.15. The van der Waals surface area contributed by atoms with Gasteiger partial charge in [0.05, 0.1) is 19.5 Å². The number of amides is 4. The first-order valence-electron chi connectivity index (χ1n) is 21.7. The Morgan fingerprint density at radius 3 is 1.49 bits per heavy atom. The number of aryl methyl sites for hydroxylation is 2. The van der Waals surface area contributed by atoms with Gasteiger partial charge in [-0.05, 0) is 61.8 Å². The zero-order valence-electron chi connectivity index (χ0n) is 37.2. The molecule has 2 unspecified atom stereocenters. The fraction of sp³-hybridized carbons (Fsp3) is 0.523. The number of carboxylic acids is 4. The Morgan fingerprint density at radius 1 is 0.552 bits per heavy atom. The minimum Gasteiger partial charge on any atom is -0.508 e. The van der Waals surface area contributed by atoms with E-state index in [1.54, 1.807) is 24.3 Å². The molecule has 0 saturated heterocycles. The van der Waals surface area contributed by atoms with Crippen LogP contribution < -0.4 is 21.3 Å². The second-order valence-corrected chi connectivity index (χ2v) is 15.5. The summed E-state index contributed by atoms with van der Waals surface area (Å²) in [6.45, 7) is 0.222. The van der Waals surface area contributed by atoms with Crippen molar-refractivity contribution >= 4 is 54.7 Å². The highest BCUT2D eigenvalue weighted by atomic mass is 16.5. The number of aliphatic carboxylic acids is 4. The quantitative estimate of drug-likeness (QED) is 0.0261. The molecule has 23 heteroatoms. The minimum absolute atomic E-state index is 0.00599. The maximum Gasteiger partial charge on any atom is 0.320 e. The van der Waals surface area contributed by atoms with Crippen molar-refractivity contribution in [2.24, 2.45) is 0 Å². The zero-order valence-corrected chi connectivity index (χ0v) is 37.2. The van der Waals surface area contributed by atoms with Crippen LogP contribution in [-0.2, 0) is 73.8 Å². The average Bonchev–Trinajstić information content (AvgIpc) is 3.25. The van der Waals surface area contributed by atoms with Gasteiger partial charge in [0.1, 0.15) is 11.5 Å². The van der Waals surface area contributed by atoms with Gasteiger partial charge in [0.25, 0.3) is 12.9 Å². The van der Waals surface area contributed by atoms with Crippen molar-refractivity contribution in [1.82, 2.24) is 31.1 Å². The van der Waals surface area contributed by atoms with Crippen molar-refractivity contribution in [3.8, 4) is 11.5 Å². The highest BCUT2D eigenvalue weighted by Gasteiger charge is 2.20. The highest BCUT2D eigenvalue weighted by Crippen LogP contribution is 2.23. The number of phenolic OH excluding ortho intramolecular Hbond substituents is 2. The first-order valence-corrected chi connectivity index (χ1v) is 21.7. The fourth-order valence-electron chi connectivity index (χ4n) is 6.67. The molecule has 10 N–H and O–H groups in total. The van der Waals surface area contributed by atoms with E-state index in [4.69, 9.17) is 14.9 Å². The molecule has 0 spiro atoms. The number of nitrogens with zero attached hydrogens (tertiary/aromatic N) is 2. The number of hydrogen-bond acceptors (Lipinski definition) is 15. The van der Waals surface area contributed by atoms with Gasteiger partial charge in [-0.2, -0.15) is 0 Å². The fourth-order valence-corrected chi connectivity index (χ4v) is 6.67. The number of rotatable bonds is 37. The van der Waals surface area contributed by atoms with Gasteiger partial charge in [-0.1, -0.05) is 30.7 Å². The third-order valence-corrected chi connectivity index (χ3v) is 10.1. The number of aromatic hydroxyl groups is 2. The van der Waals surface area contributed by atoms with Gasteiger partial charge in [0, 0.05) is 82.5 Å². The molecule has 2 atom stereocenters. The van der Waals surface area contributed by atoms with Crippen LogP contribution in [0, 0.1) is 0 Å². The van der Waals surface area contributed by atoms with Crippen LogP contribution in [0.5, 0.6) is 11.5 Å². The molecule has 2 aromatic carbocycles. The normalized spacial score (nSPS) is 11.8. The monoisotopic (exact) mass is 946 g/mol. The number of urea groups is 1. The van der Waals surface area contributed by atoms with Gasteiger partial charge >= 0.3 is 29.9 Å². The predicted octanol–water partition coefficient (Wildman–Crippen LogP) is 1.65. The number of carbonyl (C=O) groups excluding carboxylic acids is 5. The predicted molar refractivity (Wildman–Crippen MR) is 235 cm³/mol. The Bertz CT molecular complexity index is 1950. The second-order valence-electron chi connectivity index (χ2n) is 15.5. The Kier molecular flexibility index (Phi) is 26.6. The SMILES string of the molecule is O=COC(CCCCNC(=O)CCCCCNC(=O)CCc1ccc(O)c(CN(CCN(CC(=O)O)Cc2cc(CCC(=O)O)ccc2O)CC(=O)O)c1)NC(=O)NC(CCC(=O)O)OC=O. The molecule has 0 aliphatic rings. The van der Waals surface area contributed by atoms with E-state index in [9.17, 15) is 63.6 Å². The number of unbranched alkanes of at least 4 members (excludes halogenated alkanes) is 3. The summed E-state index contributed by atoms with van der Waals surface area (Å²) in [7, 11) is 0. The lowest BCUT2D eigenvalue weighted by atomic mass is 10.0. The molecule has 370 valence electrons. The standard InChI is InChI=1S/C44H62N6O17/c51-28-66-38(47-44(65)48-39(67-29-52)15-17-41(59)60)7-3-5-19-45-36(55)6-2-1-4-18-46-37(56)14-10-30-8-12-34(53)32(22-30)24-49(26-42(61)62)20-21-50(27-43(63)64)25-33-23-31(9-13-35(33)54)11-16-40(57)58/h8-9,12-13,22-23,28-29,38-39,53-54H,1-7,10-11,14-21,24-27H2,(H,45,55)(H,46,56)(H,57,58)(H,59,60)(H,61,62)(H,63,64)(H2,47,48,65). The van der Waals surface area contributed by atoms with E-state index in [0.29, 0.717) is 68.3 Å². The minimum atomic E-state index is -1.20. The van der Waals surface area contributed by atoms with Crippen LogP contribution in [0.3, 0.4) is 0 Å². The van der Waals surface area contributed by atoms with Crippen molar-refractivity contribution in [3.05, 3.63) is 58.7 Å². The van der Waals surface area contributed by atoms with Crippen LogP contribution in [0.1, 0.15) is 92.9 Å². The molecular formula is C44H62N6O17. The van der Waals surface area contributed by atoms with E-state index < -0.39 is 55.5 Å². The summed E-state index contributed by atoms with van der Waals surface area (Å²) < 4.78 is 9.52. The van der Waals surface area contributed by atoms with Crippen molar-refractivity contribution in [2.45, 2.75) is 109 Å². The molecule has 0 fully saturated rings. The van der Waals surface area contributed by atoms with Crippen LogP contribution >= 0.6 is 0 Å². The maximum atomic E-state index is 12.6. The molecule has 23 nitrogen and oxygen atoms in total. The van der Waals surface area contributed by atoms with E-state index in [1.807, 2.05) is 0 Å². The third-order valence-electron chi connectivity index (χ3n) is 10.1. The summed E-state index contributed by atoms with van der Waals surface area (Å²) in [5, 5.41) is 68.4. The van der Waals surface area contributed by atoms with Gasteiger partial charge in [0.15, 0.2) is 12.5 Å². The molecule has 0 aromatic heterocycles. The first kappa shape index (κ1) is 56.1. The average molecular weight is 947 g/mol. The number of phenols is 2. The van der Waals surface area contributed by atoms with Crippen molar-refractivity contribution in [3.63, 3.8) is 0 Å². The number of ether oxygens (including phenoxy) is 2. The van der Waals surface area contributed by atoms with E-state index >= 15 is 0 Å². The Balaban J connectivity index is 1.74. The van der Waals surface area contributed by atoms with Crippen LogP contribution in [0.4, 0.5) is 4.79 Å². The Morgan fingerprint density at radius 2 is 1.01 bits per heavy atom. The van der Waals surface area contributed by atoms with E-state index in [1.165, 1.54) is 21.9 Å². The number of hydrogen-bond donors (Lipinski definition) is 10. The summed E-state index contributed by atoms with van der Waals surface area (Å²) in [6, 6.07) is 8.54. The maximum absolute atomic E-state index is 12.6. The molecule has 0 heterocycles. The summed E-state index contributed by atoms with van der Waals surface area (Å²) in [4.78, 5) is 107. The summed E-state index contributed by atoms with van der Waals surface area (Å²) >= 11 is 0. The third kappa shape index (κ3) is 25.9. The van der Waals surface area contributed by atoms with Gasteiger partial charge in [-0.25, -0.2) is 4.79 Å². The second kappa shape index (κ2) is 31.8. The van der Waals surface area contributed by atoms with Crippen molar-refractivity contribution in [1.29, 1.82) is 0 Å². The van der Waals surface area contributed by atoms with E-state index in [-0.39, 0.29) is 107 Å². The molecule has 0 aliphatic heterocycles. The highest BCUT2D eigenvalue weighted by molar-refractivity contribution is 5.76. The molecule has 0 bridgehead atoms. The molecule has 2 aromatic rings. The number of carbonyl (C=O) groups is 9.